The summed E-state index contributed by atoms with van der Waals surface area (Å²) >= 11 is 0. The highest BCUT2D eigenvalue weighted by Crippen LogP contribution is 2.18. The highest BCUT2D eigenvalue weighted by molar-refractivity contribution is 5.56. The second-order valence-corrected chi connectivity index (χ2v) is 2.53. The maximum atomic E-state index is 13.5. The maximum absolute atomic E-state index is 13.5. The van der Waals surface area contributed by atoms with Crippen molar-refractivity contribution in [1.82, 2.24) is 0 Å². The van der Waals surface area contributed by atoms with Gasteiger partial charge in [0.2, 0.25) is 0 Å². The SMILES string of the molecule is CC=N\C(C)=C(F)/C(=C\C)/C=C/C. The molecule has 0 N–H and O–H groups in total. The Balaban J connectivity index is 4.93. The average Bonchev–Trinajstić information content (AvgIpc) is 2.13. The van der Waals surface area contributed by atoms with Gasteiger partial charge in [0, 0.05) is 11.8 Å². The van der Waals surface area contributed by atoms with Crippen molar-refractivity contribution in [3.63, 3.8) is 0 Å². The molecule has 0 saturated heterocycles. The van der Waals surface area contributed by atoms with E-state index in [0.717, 1.165) is 0 Å². The fourth-order valence-corrected chi connectivity index (χ4v) is 0.935. The van der Waals surface area contributed by atoms with Gasteiger partial charge >= 0.3 is 0 Å². The fourth-order valence-electron chi connectivity index (χ4n) is 0.935. The second-order valence-electron chi connectivity index (χ2n) is 2.53. The zero-order valence-electron chi connectivity index (χ0n) is 8.63. The van der Waals surface area contributed by atoms with Gasteiger partial charge in [-0.15, -0.1) is 0 Å². The molecule has 0 aliphatic rings. The predicted molar refractivity (Wildman–Crippen MR) is 56.5 cm³/mol. The topological polar surface area (TPSA) is 12.4 Å². The summed E-state index contributed by atoms with van der Waals surface area (Å²) in [6.45, 7) is 7.08. The third-order valence-corrected chi connectivity index (χ3v) is 1.55. The van der Waals surface area contributed by atoms with Crippen molar-refractivity contribution in [3.05, 3.63) is 35.3 Å². The van der Waals surface area contributed by atoms with Crippen LogP contribution >= 0.6 is 0 Å². The van der Waals surface area contributed by atoms with E-state index in [1.54, 1.807) is 45.2 Å². The van der Waals surface area contributed by atoms with Crippen LogP contribution in [0.5, 0.6) is 0 Å². The van der Waals surface area contributed by atoms with E-state index in [1.807, 2.05) is 6.92 Å². The normalized spacial score (nSPS) is 15.6. The molecule has 1 nitrogen and oxygen atoms in total. The second kappa shape index (κ2) is 6.35. The molecule has 0 aliphatic heterocycles. The smallest absolute Gasteiger partial charge is 0.151 e. The Bertz CT molecular complexity index is 270. The summed E-state index contributed by atoms with van der Waals surface area (Å²) in [5.41, 5.74) is 0.985. The first-order chi connectivity index (χ1) is 6.17. The van der Waals surface area contributed by atoms with E-state index >= 15 is 0 Å². The minimum Gasteiger partial charge on any atom is -0.263 e. The van der Waals surface area contributed by atoms with Crippen molar-refractivity contribution in [2.24, 2.45) is 4.99 Å². The third kappa shape index (κ3) is 3.83. The Labute approximate surface area is 79.4 Å². The van der Waals surface area contributed by atoms with Gasteiger partial charge in [0.05, 0.1) is 5.70 Å². The van der Waals surface area contributed by atoms with Gasteiger partial charge in [-0.05, 0) is 27.7 Å². The summed E-state index contributed by atoms with van der Waals surface area (Å²) < 4.78 is 13.5. The van der Waals surface area contributed by atoms with Gasteiger partial charge in [-0.2, -0.15) is 0 Å². The molecule has 0 spiro atoms. The summed E-state index contributed by atoms with van der Waals surface area (Å²) in [4.78, 5) is 3.88. The summed E-state index contributed by atoms with van der Waals surface area (Å²) in [6, 6.07) is 0. The first kappa shape index (κ1) is 11.8. The highest BCUT2D eigenvalue weighted by Gasteiger charge is 2.02. The molecule has 0 aromatic rings. The van der Waals surface area contributed by atoms with Gasteiger partial charge in [0.25, 0.3) is 0 Å². The van der Waals surface area contributed by atoms with Crippen LogP contribution in [0.1, 0.15) is 27.7 Å². The van der Waals surface area contributed by atoms with Crippen LogP contribution in [0.4, 0.5) is 4.39 Å². The van der Waals surface area contributed by atoms with Gasteiger partial charge in [-0.25, -0.2) is 4.39 Å². The van der Waals surface area contributed by atoms with E-state index < -0.39 is 0 Å². The van der Waals surface area contributed by atoms with Crippen LogP contribution in [-0.2, 0) is 0 Å². The Morgan fingerprint density at radius 3 is 2.23 bits per heavy atom. The standard InChI is InChI=1S/C11H16FN/c1-5-8-10(6-2)11(12)9(4)13-7-3/h5-8H,1-4H3/b8-5+,10-6-,11-9+,13-7?. The Morgan fingerprint density at radius 2 is 1.85 bits per heavy atom. The average molecular weight is 181 g/mol. The maximum Gasteiger partial charge on any atom is 0.151 e. The van der Waals surface area contributed by atoms with Crippen molar-refractivity contribution in [2.75, 3.05) is 0 Å². The van der Waals surface area contributed by atoms with Crippen LogP contribution in [0.25, 0.3) is 0 Å². The Morgan fingerprint density at radius 1 is 1.23 bits per heavy atom. The Kier molecular flexibility index (Phi) is 5.77. The quantitative estimate of drug-likeness (QED) is 0.464. The lowest BCUT2D eigenvalue weighted by molar-refractivity contribution is 0.642. The Hall–Kier alpha value is -1.18. The molecule has 0 aliphatic carbocycles. The molecule has 0 amide bonds. The number of nitrogens with zero attached hydrogens (tertiary/aromatic N) is 1. The lowest BCUT2D eigenvalue weighted by Crippen LogP contribution is -1.83. The number of hydrogen-bond acceptors (Lipinski definition) is 1. The van der Waals surface area contributed by atoms with Crippen LogP contribution in [0.15, 0.2) is 40.3 Å². The van der Waals surface area contributed by atoms with Gasteiger partial charge < -0.3 is 0 Å². The van der Waals surface area contributed by atoms with Crippen LogP contribution in [-0.4, -0.2) is 6.21 Å². The molecular formula is C11H16FN. The summed E-state index contributed by atoms with van der Waals surface area (Å²) in [7, 11) is 0. The minimum absolute atomic E-state index is 0.265. The number of hydrogen-bond donors (Lipinski definition) is 0. The first-order valence-electron chi connectivity index (χ1n) is 4.31. The van der Waals surface area contributed by atoms with Gasteiger partial charge in [0.1, 0.15) is 0 Å². The number of halogens is 1. The number of aliphatic imine (C=N–C) groups is 1. The minimum atomic E-state index is -0.265. The molecule has 0 aromatic heterocycles. The van der Waals surface area contributed by atoms with Crippen molar-refractivity contribution >= 4 is 6.21 Å². The van der Waals surface area contributed by atoms with Crippen LogP contribution < -0.4 is 0 Å². The zero-order chi connectivity index (χ0) is 10.3. The van der Waals surface area contributed by atoms with Crippen molar-refractivity contribution < 1.29 is 4.39 Å². The molecule has 72 valence electrons. The highest BCUT2D eigenvalue weighted by atomic mass is 19.1. The monoisotopic (exact) mass is 181 g/mol. The molecule has 0 heterocycles. The summed E-state index contributed by atoms with van der Waals surface area (Å²) in [5.74, 6) is -0.265. The van der Waals surface area contributed by atoms with E-state index in [4.69, 9.17) is 0 Å². The van der Waals surface area contributed by atoms with Crippen LogP contribution in [0.2, 0.25) is 0 Å². The van der Waals surface area contributed by atoms with E-state index in [0.29, 0.717) is 11.3 Å². The largest absolute Gasteiger partial charge is 0.263 e. The van der Waals surface area contributed by atoms with E-state index in [-0.39, 0.29) is 5.83 Å². The molecule has 0 aromatic carbocycles. The van der Waals surface area contributed by atoms with Crippen LogP contribution in [0.3, 0.4) is 0 Å². The van der Waals surface area contributed by atoms with Crippen molar-refractivity contribution in [2.45, 2.75) is 27.7 Å². The van der Waals surface area contributed by atoms with Gasteiger partial charge in [0.15, 0.2) is 5.83 Å². The molecule has 0 bridgehead atoms. The fraction of sp³-hybridized carbons (Fsp3) is 0.364. The molecule has 0 unspecified atom stereocenters. The van der Waals surface area contributed by atoms with Crippen molar-refractivity contribution in [1.29, 1.82) is 0 Å². The molecule has 0 radical (unpaired) electrons. The van der Waals surface area contributed by atoms with Gasteiger partial charge in [-0.1, -0.05) is 18.2 Å². The molecule has 0 fully saturated rings. The molecular weight excluding hydrogens is 165 g/mol. The van der Waals surface area contributed by atoms with E-state index in [1.165, 1.54) is 0 Å². The molecule has 13 heavy (non-hydrogen) atoms. The molecule has 2 heteroatoms. The van der Waals surface area contributed by atoms with E-state index in [9.17, 15) is 4.39 Å². The lowest BCUT2D eigenvalue weighted by atomic mass is 10.2. The molecule has 0 atom stereocenters. The number of allylic oxidation sites excluding steroid dienone is 6. The first-order valence-corrected chi connectivity index (χ1v) is 4.31. The molecule has 0 rings (SSSR count). The number of rotatable bonds is 3. The lowest BCUT2D eigenvalue weighted by Gasteiger charge is -1.99. The predicted octanol–water partition coefficient (Wildman–Crippen LogP) is 3.80. The summed E-state index contributed by atoms with van der Waals surface area (Å²) in [6.07, 6.45) is 6.84. The third-order valence-electron chi connectivity index (χ3n) is 1.55. The zero-order valence-corrected chi connectivity index (χ0v) is 8.63. The van der Waals surface area contributed by atoms with Crippen LogP contribution in [0, 0.1) is 0 Å². The summed E-state index contributed by atoms with van der Waals surface area (Å²) in [5, 5.41) is 0. The molecule has 0 saturated carbocycles. The van der Waals surface area contributed by atoms with E-state index in [2.05, 4.69) is 4.99 Å². The van der Waals surface area contributed by atoms with Gasteiger partial charge in [-0.3, -0.25) is 4.99 Å². The van der Waals surface area contributed by atoms with Crippen molar-refractivity contribution in [3.8, 4) is 0 Å².